The van der Waals surface area contributed by atoms with Gasteiger partial charge in [0.2, 0.25) is 0 Å². The average molecular weight is 485 g/mol. The summed E-state index contributed by atoms with van der Waals surface area (Å²) < 4.78 is 0.809. The minimum absolute atomic E-state index is 0.0519. The quantitative estimate of drug-likeness (QED) is 0.186. The molecule has 0 radical (unpaired) electrons. The van der Waals surface area contributed by atoms with Gasteiger partial charge in [0, 0.05) is 10.9 Å². The largest absolute Gasteiger partial charge is 0.271 e. The molecule has 0 aliphatic carbocycles. The van der Waals surface area contributed by atoms with Crippen LogP contribution >= 0.6 is 27.3 Å². The van der Waals surface area contributed by atoms with Gasteiger partial charge in [0.15, 0.2) is 0 Å². The van der Waals surface area contributed by atoms with Crippen LogP contribution in [0.5, 0.6) is 0 Å². The number of hydrogen-bond donors (Lipinski definition) is 0. The molecule has 2 rings (SSSR count). The maximum Gasteiger partial charge on any atom is 0.263 e. The van der Waals surface area contributed by atoms with Crippen molar-refractivity contribution in [3.8, 4) is 0 Å². The summed E-state index contributed by atoms with van der Waals surface area (Å²) in [7, 11) is 0. The molecule has 1 aromatic heterocycles. The molecule has 0 aromatic carbocycles. The number of nitrogens with zero attached hydrogens (tertiary/aromatic N) is 1. The molecule has 0 unspecified atom stereocenters. The molecule has 0 atom stereocenters. The predicted octanol–water partition coefficient (Wildman–Crippen LogP) is 8.28. The van der Waals surface area contributed by atoms with Crippen LogP contribution in [0.2, 0.25) is 0 Å². The first-order valence-electron chi connectivity index (χ1n) is 11.7. The smallest absolute Gasteiger partial charge is 0.263 e. The van der Waals surface area contributed by atoms with Crippen molar-refractivity contribution in [1.29, 1.82) is 0 Å². The van der Waals surface area contributed by atoms with E-state index in [1.165, 1.54) is 75.5 Å². The Morgan fingerprint density at radius 3 is 1.69 bits per heavy atom. The molecule has 164 valence electrons. The van der Waals surface area contributed by atoms with Gasteiger partial charge in [0.1, 0.15) is 0 Å². The lowest BCUT2D eigenvalue weighted by molar-refractivity contribution is 0.0562. The molecule has 1 aliphatic rings. The lowest BCUT2D eigenvalue weighted by Gasteiger charge is -2.27. The number of aryl methyl sites for hydroxylation is 1. The van der Waals surface area contributed by atoms with Crippen molar-refractivity contribution in [2.75, 3.05) is 0 Å². The number of imide groups is 1. The van der Waals surface area contributed by atoms with Gasteiger partial charge in [-0.15, -0.1) is 11.3 Å². The van der Waals surface area contributed by atoms with E-state index in [2.05, 4.69) is 29.8 Å². The highest BCUT2D eigenvalue weighted by Gasteiger charge is 2.43. The van der Waals surface area contributed by atoms with E-state index in [0.717, 1.165) is 34.3 Å². The molecule has 5 heteroatoms. The number of thiophene rings is 1. The fourth-order valence-electron chi connectivity index (χ4n) is 4.35. The highest BCUT2D eigenvalue weighted by Crippen LogP contribution is 2.40. The van der Waals surface area contributed by atoms with Gasteiger partial charge in [-0.2, -0.15) is 0 Å². The van der Waals surface area contributed by atoms with Crippen LogP contribution in [0.25, 0.3) is 0 Å². The summed E-state index contributed by atoms with van der Waals surface area (Å²) in [6, 6.07) is 0.0519. The minimum Gasteiger partial charge on any atom is -0.271 e. The summed E-state index contributed by atoms with van der Waals surface area (Å²) in [5.41, 5.74) is 1.25. The first-order valence-corrected chi connectivity index (χ1v) is 13.3. The number of amides is 2. The van der Waals surface area contributed by atoms with E-state index in [9.17, 15) is 9.59 Å². The Morgan fingerprint density at radius 1 is 0.759 bits per heavy atom. The van der Waals surface area contributed by atoms with Gasteiger partial charge in [-0.1, -0.05) is 90.9 Å². The zero-order chi connectivity index (χ0) is 21.2. The Balaban J connectivity index is 1.97. The van der Waals surface area contributed by atoms with Crippen LogP contribution < -0.4 is 0 Å². The lowest BCUT2D eigenvalue weighted by Crippen LogP contribution is -2.40. The monoisotopic (exact) mass is 483 g/mol. The van der Waals surface area contributed by atoms with Crippen molar-refractivity contribution < 1.29 is 9.59 Å². The van der Waals surface area contributed by atoms with Crippen molar-refractivity contribution in [1.82, 2.24) is 4.90 Å². The van der Waals surface area contributed by atoms with Crippen molar-refractivity contribution in [2.45, 2.75) is 117 Å². The van der Waals surface area contributed by atoms with E-state index in [1.54, 1.807) is 4.90 Å². The zero-order valence-corrected chi connectivity index (χ0v) is 20.9. The number of carbonyl (C=O) groups is 2. The van der Waals surface area contributed by atoms with Gasteiger partial charge in [0.25, 0.3) is 11.8 Å². The van der Waals surface area contributed by atoms with E-state index in [4.69, 9.17) is 0 Å². The molecule has 1 aliphatic heterocycles. The number of fused-ring (bicyclic) bond motifs is 1. The van der Waals surface area contributed by atoms with Gasteiger partial charge in [-0.25, -0.2) is 0 Å². The highest BCUT2D eigenvalue weighted by atomic mass is 79.9. The van der Waals surface area contributed by atoms with Crippen molar-refractivity contribution in [3.63, 3.8) is 0 Å². The van der Waals surface area contributed by atoms with Crippen LogP contribution in [0.1, 0.15) is 129 Å². The third kappa shape index (κ3) is 6.65. The first-order chi connectivity index (χ1) is 14.0. The summed E-state index contributed by atoms with van der Waals surface area (Å²) in [5, 5.41) is 0. The van der Waals surface area contributed by atoms with Gasteiger partial charge < -0.3 is 0 Å². The first kappa shape index (κ1) is 24.6. The summed E-state index contributed by atoms with van der Waals surface area (Å²) in [4.78, 5) is 28.8. The fourth-order valence-corrected chi connectivity index (χ4v) is 6.30. The summed E-state index contributed by atoms with van der Waals surface area (Å²) in [5.74, 6) is -0.144. The van der Waals surface area contributed by atoms with E-state index in [-0.39, 0.29) is 17.9 Å². The molecule has 29 heavy (non-hydrogen) atoms. The van der Waals surface area contributed by atoms with Crippen LogP contribution in [0.4, 0.5) is 0 Å². The number of halogens is 1. The minimum atomic E-state index is -0.0804. The third-order valence-electron chi connectivity index (χ3n) is 6.05. The molecule has 0 bridgehead atoms. The molecule has 0 saturated heterocycles. The Labute approximate surface area is 189 Å². The van der Waals surface area contributed by atoms with Gasteiger partial charge in [-0.3, -0.25) is 14.5 Å². The zero-order valence-electron chi connectivity index (χ0n) is 18.5. The third-order valence-corrected chi connectivity index (χ3v) is 7.83. The fraction of sp³-hybridized carbons (Fsp3) is 0.750. The van der Waals surface area contributed by atoms with E-state index in [0.29, 0.717) is 11.1 Å². The molecule has 0 N–H and O–H groups in total. The van der Waals surface area contributed by atoms with Crippen molar-refractivity contribution in [2.24, 2.45) is 0 Å². The van der Waals surface area contributed by atoms with Crippen molar-refractivity contribution in [3.05, 3.63) is 19.8 Å². The molecular weight excluding hydrogens is 446 g/mol. The number of unbranched alkanes of at least 4 members (excludes halogenated alkanes) is 10. The predicted molar refractivity (Wildman–Crippen MR) is 127 cm³/mol. The second kappa shape index (κ2) is 12.9. The van der Waals surface area contributed by atoms with Gasteiger partial charge >= 0.3 is 0 Å². The van der Waals surface area contributed by atoms with Crippen LogP contribution in [0.3, 0.4) is 0 Å². The average Bonchev–Trinajstić information content (AvgIpc) is 3.14. The molecule has 0 fully saturated rings. The molecule has 1 aromatic rings. The maximum atomic E-state index is 13.1. The summed E-state index contributed by atoms with van der Waals surface area (Å²) in [6.45, 7) is 6.42. The maximum absolute atomic E-state index is 13.1. The molecule has 2 amide bonds. The summed E-state index contributed by atoms with van der Waals surface area (Å²) >= 11 is 5.01. The standard InChI is InChI=1S/C24H38BrNO2S/c1-4-6-8-10-12-14-16-19(17-15-13-11-9-7-5-2)26-23(27)20-18(3)29-22(25)21(20)24(26)28/h19H,4-17H2,1-3H3. The number of rotatable bonds is 15. The molecule has 0 spiro atoms. The molecule has 2 heterocycles. The Kier molecular flexibility index (Phi) is 10.9. The number of hydrogen-bond acceptors (Lipinski definition) is 3. The topological polar surface area (TPSA) is 37.4 Å². The van der Waals surface area contributed by atoms with E-state index in [1.807, 2.05) is 6.92 Å². The van der Waals surface area contributed by atoms with E-state index >= 15 is 0 Å². The van der Waals surface area contributed by atoms with Crippen molar-refractivity contribution >= 4 is 39.1 Å². The number of carbonyl (C=O) groups excluding carboxylic acids is 2. The van der Waals surface area contributed by atoms with Crippen LogP contribution in [0, 0.1) is 6.92 Å². The van der Waals surface area contributed by atoms with Gasteiger partial charge in [0.05, 0.1) is 14.9 Å². The normalized spacial score (nSPS) is 13.8. The second-order valence-electron chi connectivity index (χ2n) is 8.43. The second-order valence-corrected chi connectivity index (χ2v) is 11.0. The molecule has 0 saturated carbocycles. The Hall–Kier alpha value is -0.680. The molecular formula is C24H38BrNO2S. The van der Waals surface area contributed by atoms with Gasteiger partial charge in [-0.05, 0) is 35.7 Å². The Morgan fingerprint density at radius 2 is 1.21 bits per heavy atom. The van der Waals surface area contributed by atoms with Crippen LogP contribution in [-0.2, 0) is 0 Å². The molecule has 3 nitrogen and oxygen atoms in total. The lowest BCUT2D eigenvalue weighted by atomic mass is 9.98. The SMILES string of the molecule is CCCCCCCCC(CCCCCCCC)N1C(=O)c2c(C)sc(Br)c2C1=O. The summed E-state index contributed by atoms with van der Waals surface area (Å²) in [6.07, 6.45) is 16.7. The van der Waals surface area contributed by atoms with Crippen LogP contribution in [0.15, 0.2) is 3.79 Å². The highest BCUT2D eigenvalue weighted by molar-refractivity contribution is 9.11. The Bertz CT molecular complexity index is 618. The van der Waals surface area contributed by atoms with E-state index < -0.39 is 0 Å². The van der Waals surface area contributed by atoms with Crippen LogP contribution in [-0.4, -0.2) is 22.8 Å².